The number of ether oxygens (including phenoxy) is 2. The lowest BCUT2D eigenvalue weighted by Gasteiger charge is -2.09. The predicted octanol–water partition coefficient (Wildman–Crippen LogP) is 2.98. The minimum absolute atomic E-state index is 0.392. The Morgan fingerprint density at radius 2 is 2.31 bits per heavy atom. The van der Waals surface area contributed by atoms with Crippen LogP contribution in [-0.2, 0) is 4.74 Å². The van der Waals surface area contributed by atoms with E-state index in [9.17, 15) is 0 Å². The SMILES string of the molecule is CCOC(=S)Sc1c(C#N)cccc1OC. The molecule has 16 heavy (non-hydrogen) atoms. The van der Waals surface area contributed by atoms with Crippen molar-refractivity contribution < 1.29 is 9.47 Å². The van der Waals surface area contributed by atoms with E-state index in [0.717, 1.165) is 0 Å². The first-order valence-electron chi connectivity index (χ1n) is 4.64. The van der Waals surface area contributed by atoms with Crippen molar-refractivity contribution in [2.75, 3.05) is 13.7 Å². The number of thioether (sulfide) groups is 1. The van der Waals surface area contributed by atoms with Crippen LogP contribution in [0.3, 0.4) is 0 Å². The van der Waals surface area contributed by atoms with Gasteiger partial charge in [0, 0.05) is 0 Å². The van der Waals surface area contributed by atoms with Gasteiger partial charge in [-0.15, -0.1) is 0 Å². The number of hydrogen-bond acceptors (Lipinski definition) is 5. The summed E-state index contributed by atoms with van der Waals surface area (Å²) in [6, 6.07) is 7.38. The molecule has 5 heteroatoms. The molecular formula is C11H11NO2S2. The van der Waals surface area contributed by atoms with Crippen molar-refractivity contribution in [3.05, 3.63) is 23.8 Å². The number of rotatable bonds is 3. The van der Waals surface area contributed by atoms with E-state index in [0.29, 0.717) is 27.2 Å². The fraction of sp³-hybridized carbons (Fsp3) is 0.273. The van der Waals surface area contributed by atoms with Gasteiger partial charge in [-0.25, -0.2) is 0 Å². The molecule has 0 fully saturated rings. The molecule has 1 rings (SSSR count). The van der Waals surface area contributed by atoms with Gasteiger partial charge in [-0.2, -0.15) is 5.26 Å². The van der Waals surface area contributed by atoms with Crippen LogP contribution in [0.15, 0.2) is 23.1 Å². The summed E-state index contributed by atoms with van der Waals surface area (Å²) in [5.74, 6) is 0.631. The van der Waals surface area contributed by atoms with Crippen LogP contribution in [0.5, 0.6) is 5.75 Å². The van der Waals surface area contributed by atoms with Gasteiger partial charge in [0.25, 0.3) is 0 Å². The molecule has 0 N–H and O–H groups in total. The fourth-order valence-corrected chi connectivity index (χ4v) is 2.29. The van der Waals surface area contributed by atoms with Crippen molar-refractivity contribution in [2.24, 2.45) is 0 Å². The van der Waals surface area contributed by atoms with Gasteiger partial charge in [-0.3, -0.25) is 0 Å². The Hall–Kier alpha value is -1.25. The maximum Gasteiger partial charge on any atom is 0.225 e. The largest absolute Gasteiger partial charge is 0.496 e. The molecule has 0 spiro atoms. The summed E-state index contributed by atoms with van der Waals surface area (Å²) in [6.45, 7) is 2.38. The smallest absolute Gasteiger partial charge is 0.225 e. The number of nitriles is 1. The summed E-state index contributed by atoms with van der Waals surface area (Å²) in [5.41, 5.74) is 0.534. The first kappa shape index (κ1) is 12.8. The standard InChI is InChI=1S/C11H11NO2S2/c1-3-14-11(15)16-10-8(7-12)5-4-6-9(10)13-2/h4-6H,3H2,1-2H3. The Bertz CT molecular complexity index is 426. The van der Waals surface area contributed by atoms with Gasteiger partial charge in [0.2, 0.25) is 4.38 Å². The molecule has 1 aromatic rings. The molecule has 0 atom stereocenters. The molecule has 0 aliphatic heterocycles. The second kappa shape index (κ2) is 6.36. The lowest BCUT2D eigenvalue weighted by molar-refractivity contribution is 0.346. The number of benzene rings is 1. The van der Waals surface area contributed by atoms with Crippen LogP contribution in [0, 0.1) is 11.3 Å². The molecule has 3 nitrogen and oxygen atoms in total. The van der Waals surface area contributed by atoms with E-state index in [-0.39, 0.29) is 0 Å². The van der Waals surface area contributed by atoms with Gasteiger partial charge in [-0.05, 0) is 43.0 Å². The number of hydrogen-bond donors (Lipinski definition) is 0. The van der Waals surface area contributed by atoms with Crippen LogP contribution in [0.2, 0.25) is 0 Å². The highest BCUT2D eigenvalue weighted by Crippen LogP contribution is 2.33. The lowest BCUT2D eigenvalue weighted by Crippen LogP contribution is -1.98. The third-order valence-electron chi connectivity index (χ3n) is 1.77. The molecular weight excluding hydrogens is 242 g/mol. The predicted molar refractivity (Wildman–Crippen MR) is 67.8 cm³/mol. The van der Waals surface area contributed by atoms with E-state index < -0.39 is 0 Å². The van der Waals surface area contributed by atoms with E-state index in [2.05, 4.69) is 6.07 Å². The van der Waals surface area contributed by atoms with Gasteiger partial charge in [0.15, 0.2) is 0 Å². The van der Waals surface area contributed by atoms with Crippen molar-refractivity contribution in [1.82, 2.24) is 0 Å². The lowest BCUT2D eigenvalue weighted by atomic mass is 10.2. The first-order valence-corrected chi connectivity index (χ1v) is 5.87. The van der Waals surface area contributed by atoms with Gasteiger partial charge in [-0.1, -0.05) is 6.07 Å². The third-order valence-corrected chi connectivity index (χ3v) is 3.04. The molecule has 0 aromatic heterocycles. The Morgan fingerprint density at radius 3 is 2.88 bits per heavy atom. The average molecular weight is 253 g/mol. The maximum atomic E-state index is 8.98. The first-order chi connectivity index (χ1) is 7.72. The van der Waals surface area contributed by atoms with Gasteiger partial charge in [0.05, 0.1) is 24.2 Å². The van der Waals surface area contributed by atoms with E-state index in [1.165, 1.54) is 11.8 Å². The van der Waals surface area contributed by atoms with Gasteiger partial charge < -0.3 is 9.47 Å². The van der Waals surface area contributed by atoms with Crippen molar-refractivity contribution in [3.63, 3.8) is 0 Å². The summed E-state index contributed by atoms with van der Waals surface area (Å²) in [5, 5.41) is 8.98. The number of nitrogens with zero attached hydrogens (tertiary/aromatic N) is 1. The zero-order valence-electron chi connectivity index (χ0n) is 9.02. The Labute approximate surface area is 104 Å². The van der Waals surface area contributed by atoms with Crippen LogP contribution >= 0.6 is 24.0 Å². The van der Waals surface area contributed by atoms with Crippen LogP contribution in [-0.4, -0.2) is 18.1 Å². The molecule has 0 radical (unpaired) electrons. The third kappa shape index (κ3) is 3.12. The Balaban J connectivity index is 3.01. The van der Waals surface area contributed by atoms with Crippen molar-refractivity contribution in [3.8, 4) is 11.8 Å². The minimum atomic E-state index is 0.392. The molecule has 1 aromatic carbocycles. The zero-order chi connectivity index (χ0) is 12.0. The highest BCUT2D eigenvalue weighted by molar-refractivity contribution is 8.22. The molecule has 0 aliphatic carbocycles. The van der Waals surface area contributed by atoms with Crippen molar-refractivity contribution in [1.29, 1.82) is 5.26 Å². The van der Waals surface area contributed by atoms with Gasteiger partial charge in [0.1, 0.15) is 11.8 Å². The minimum Gasteiger partial charge on any atom is -0.496 e. The summed E-state index contributed by atoms with van der Waals surface area (Å²) < 4.78 is 10.7. The van der Waals surface area contributed by atoms with Crippen LogP contribution in [0.1, 0.15) is 12.5 Å². The molecule has 0 aliphatic rings. The molecule has 0 unspecified atom stereocenters. The number of thiocarbonyl (C=S) groups is 1. The second-order valence-electron chi connectivity index (χ2n) is 2.73. The van der Waals surface area contributed by atoms with Crippen LogP contribution in [0.25, 0.3) is 0 Å². The quantitative estimate of drug-likeness (QED) is 0.612. The Morgan fingerprint density at radius 1 is 1.56 bits per heavy atom. The highest BCUT2D eigenvalue weighted by atomic mass is 32.2. The maximum absolute atomic E-state index is 8.98. The molecule has 0 heterocycles. The monoisotopic (exact) mass is 253 g/mol. The van der Waals surface area contributed by atoms with E-state index in [1.807, 2.05) is 6.92 Å². The summed E-state index contributed by atoms with van der Waals surface area (Å²) >= 11 is 6.26. The van der Waals surface area contributed by atoms with Crippen LogP contribution in [0.4, 0.5) is 0 Å². The van der Waals surface area contributed by atoms with E-state index in [1.54, 1.807) is 25.3 Å². The summed E-state index contributed by atoms with van der Waals surface area (Å²) in [4.78, 5) is 0.700. The molecule has 0 saturated heterocycles. The topological polar surface area (TPSA) is 42.2 Å². The number of methoxy groups -OCH3 is 1. The van der Waals surface area contributed by atoms with Crippen molar-refractivity contribution in [2.45, 2.75) is 11.8 Å². The molecule has 84 valence electrons. The summed E-state index contributed by atoms with van der Waals surface area (Å²) in [7, 11) is 1.56. The molecule has 0 saturated carbocycles. The molecule has 0 amide bonds. The fourth-order valence-electron chi connectivity index (χ4n) is 1.10. The molecule has 0 bridgehead atoms. The summed E-state index contributed by atoms with van der Waals surface area (Å²) in [6.07, 6.45) is 0. The zero-order valence-corrected chi connectivity index (χ0v) is 10.7. The van der Waals surface area contributed by atoms with Crippen LogP contribution < -0.4 is 4.74 Å². The highest BCUT2D eigenvalue weighted by Gasteiger charge is 2.12. The van der Waals surface area contributed by atoms with Gasteiger partial charge >= 0.3 is 0 Å². The Kier molecular flexibility index (Phi) is 5.09. The van der Waals surface area contributed by atoms with E-state index >= 15 is 0 Å². The average Bonchev–Trinajstić information content (AvgIpc) is 2.29. The second-order valence-corrected chi connectivity index (χ2v) is 4.35. The normalized spacial score (nSPS) is 9.31. The van der Waals surface area contributed by atoms with E-state index in [4.69, 9.17) is 27.0 Å². The van der Waals surface area contributed by atoms with Crippen molar-refractivity contribution >= 4 is 28.4 Å².